The first-order chi connectivity index (χ1) is 17.2. The largest absolute Gasteiger partial charge is 0.449 e. The SMILES string of the molecule is CCCCOC(=O)N1CCc2cc(-n3nc(C(C)(C)C)cc3NC(=O)Nc3ccccc3)ccc2C1. The first kappa shape index (κ1) is 25.3. The molecule has 0 saturated heterocycles. The number of fused-ring (bicyclic) bond motifs is 1. The van der Waals surface area contributed by atoms with Crippen molar-refractivity contribution in [2.45, 2.75) is 58.9 Å². The molecule has 1 aromatic heterocycles. The molecule has 2 N–H and O–H groups in total. The molecule has 0 saturated carbocycles. The van der Waals surface area contributed by atoms with Crippen LogP contribution in [0.4, 0.5) is 21.1 Å². The van der Waals surface area contributed by atoms with Crippen molar-refractivity contribution < 1.29 is 14.3 Å². The van der Waals surface area contributed by atoms with E-state index < -0.39 is 0 Å². The van der Waals surface area contributed by atoms with Crippen molar-refractivity contribution in [3.05, 3.63) is 71.4 Å². The average Bonchev–Trinajstić information content (AvgIpc) is 3.28. The third-order valence-corrected chi connectivity index (χ3v) is 6.18. The molecule has 1 aliphatic heterocycles. The Hall–Kier alpha value is -3.81. The summed E-state index contributed by atoms with van der Waals surface area (Å²) in [6.45, 7) is 9.94. The number of nitrogens with one attached hydrogen (secondary N) is 2. The van der Waals surface area contributed by atoms with Crippen molar-refractivity contribution in [1.29, 1.82) is 0 Å². The van der Waals surface area contributed by atoms with Crippen LogP contribution in [0.2, 0.25) is 0 Å². The third-order valence-electron chi connectivity index (χ3n) is 6.18. The van der Waals surface area contributed by atoms with Gasteiger partial charge >= 0.3 is 12.1 Å². The lowest BCUT2D eigenvalue weighted by atomic mass is 9.92. The number of benzene rings is 2. The Morgan fingerprint density at radius 2 is 1.81 bits per heavy atom. The lowest BCUT2D eigenvalue weighted by Crippen LogP contribution is -2.36. The summed E-state index contributed by atoms with van der Waals surface area (Å²) >= 11 is 0. The second-order valence-corrected chi connectivity index (χ2v) is 10.1. The van der Waals surface area contributed by atoms with Gasteiger partial charge in [-0.25, -0.2) is 14.3 Å². The highest BCUT2D eigenvalue weighted by Crippen LogP contribution is 2.29. The molecule has 0 aliphatic carbocycles. The Kier molecular flexibility index (Phi) is 7.62. The maximum atomic E-state index is 12.7. The predicted octanol–water partition coefficient (Wildman–Crippen LogP) is 6.11. The number of unbranched alkanes of at least 4 members (excludes halogenated alkanes) is 1. The molecular formula is C28H35N5O3. The molecule has 3 aromatic rings. The Morgan fingerprint density at radius 3 is 2.53 bits per heavy atom. The Balaban J connectivity index is 1.55. The maximum Gasteiger partial charge on any atom is 0.410 e. The minimum Gasteiger partial charge on any atom is -0.449 e. The van der Waals surface area contributed by atoms with Crippen LogP contribution in [-0.4, -0.2) is 40.0 Å². The van der Waals surface area contributed by atoms with E-state index in [9.17, 15) is 9.59 Å². The predicted molar refractivity (Wildman–Crippen MR) is 142 cm³/mol. The molecule has 2 heterocycles. The van der Waals surface area contributed by atoms with Crippen LogP contribution in [0.1, 0.15) is 57.4 Å². The topological polar surface area (TPSA) is 88.5 Å². The number of anilines is 2. The van der Waals surface area contributed by atoms with Gasteiger partial charge in [0.25, 0.3) is 0 Å². The van der Waals surface area contributed by atoms with E-state index in [1.807, 2.05) is 48.5 Å². The summed E-state index contributed by atoms with van der Waals surface area (Å²) in [4.78, 5) is 26.9. The van der Waals surface area contributed by atoms with E-state index in [2.05, 4.69) is 44.4 Å². The molecule has 0 spiro atoms. The number of nitrogens with zero attached hydrogens (tertiary/aromatic N) is 3. The molecule has 3 amide bonds. The Morgan fingerprint density at radius 1 is 1.03 bits per heavy atom. The molecule has 8 heteroatoms. The minimum absolute atomic E-state index is 0.190. The van der Waals surface area contributed by atoms with E-state index in [1.54, 1.807) is 9.58 Å². The number of carbonyl (C=O) groups excluding carboxylic acids is 2. The zero-order chi connectivity index (χ0) is 25.7. The van der Waals surface area contributed by atoms with Crippen LogP contribution in [-0.2, 0) is 23.1 Å². The van der Waals surface area contributed by atoms with Crippen LogP contribution in [0.25, 0.3) is 5.69 Å². The lowest BCUT2D eigenvalue weighted by molar-refractivity contribution is 0.0966. The number of aromatic nitrogens is 2. The van der Waals surface area contributed by atoms with Crippen LogP contribution in [0.3, 0.4) is 0 Å². The number of rotatable bonds is 6. The summed E-state index contributed by atoms with van der Waals surface area (Å²) in [6.07, 6.45) is 2.35. The van der Waals surface area contributed by atoms with E-state index in [-0.39, 0.29) is 17.5 Å². The van der Waals surface area contributed by atoms with Crippen LogP contribution in [0, 0.1) is 0 Å². The number of urea groups is 1. The fraction of sp³-hybridized carbons (Fsp3) is 0.393. The molecular weight excluding hydrogens is 454 g/mol. The summed E-state index contributed by atoms with van der Waals surface area (Å²) < 4.78 is 7.16. The monoisotopic (exact) mass is 489 g/mol. The molecule has 8 nitrogen and oxygen atoms in total. The first-order valence-electron chi connectivity index (χ1n) is 12.5. The van der Waals surface area contributed by atoms with Gasteiger partial charge in [-0.05, 0) is 48.2 Å². The fourth-order valence-corrected chi connectivity index (χ4v) is 4.06. The van der Waals surface area contributed by atoms with E-state index in [0.717, 1.165) is 41.8 Å². The number of ether oxygens (including phenoxy) is 1. The van der Waals surface area contributed by atoms with E-state index in [1.165, 1.54) is 0 Å². The average molecular weight is 490 g/mol. The number of para-hydroxylation sites is 1. The molecule has 2 aromatic carbocycles. The van der Waals surface area contributed by atoms with Gasteiger partial charge in [-0.15, -0.1) is 0 Å². The van der Waals surface area contributed by atoms with Gasteiger partial charge < -0.3 is 15.0 Å². The van der Waals surface area contributed by atoms with Crippen LogP contribution < -0.4 is 10.6 Å². The third kappa shape index (κ3) is 6.05. The van der Waals surface area contributed by atoms with Gasteiger partial charge in [0.1, 0.15) is 5.82 Å². The number of hydrogen-bond acceptors (Lipinski definition) is 4. The molecule has 0 atom stereocenters. The highest BCUT2D eigenvalue weighted by molar-refractivity contribution is 5.99. The van der Waals surface area contributed by atoms with Gasteiger partial charge in [0, 0.05) is 30.3 Å². The molecule has 0 unspecified atom stereocenters. The number of carbonyl (C=O) groups is 2. The lowest BCUT2D eigenvalue weighted by Gasteiger charge is -2.28. The Labute approximate surface area is 212 Å². The summed E-state index contributed by atoms with van der Waals surface area (Å²) in [7, 11) is 0. The smallest absolute Gasteiger partial charge is 0.410 e. The minimum atomic E-state index is -0.335. The highest BCUT2D eigenvalue weighted by Gasteiger charge is 2.24. The van der Waals surface area contributed by atoms with Crippen LogP contribution in [0.15, 0.2) is 54.6 Å². The normalized spacial score (nSPS) is 13.2. The van der Waals surface area contributed by atoms with Gasteiger partial charge in [-0.3, -0.25) is 5.32 Å². The van der Waals surface area contributed by atoms with Crippen LogP contribution >= 0.6 is 0 Å². The second kappa shape index (κ2) is 10.8. The van der Waals surface area contributed by atoms with Crippen molar-refractivity contribution in [3.8, 4) is 5.69 Å². The van der Waals surface area contributed by atoms with E-state index >= 15 is 0 Å². The summed E-state index contributed by atoms with van der Waals surface area (Å²) in [6, 6.07) is 17.0. The molecule has 0 radical (unpaired) electrons. The maximum absolute atomic E-state index is 12.7. The van der Waals surface area contributed by atoms with Crippen molar-refractivity contribution in [1.82, 2.24) is 14.7 Å². The second-order valence-electron chi connectivity index (χ2n) is 10.1. The molecule has 0 fully saturated rings. The first-order valence-corrected chi connectivity index (χ1v) is 12.5. The van der Waals surface area contributed by atoms with E-state index in [4.69, 9.17) is 9.84 Å². The van der Waals surface area contributed by atoms with E-state index in [0.29, 0.717) is 31.2 Å². The molecule has 190 valence electrons. The molecule has 4 rings (SSSR count). The van der Waals surface area contributed by atoms with Crippen molar-refractivity contribution in [2.24, 2.45) is 0 Å². The van der Waals surface area contributed by atoms with Crippen molar-refractivity contribution in [2.75, 3.05) is 23.8 Å². The highest BCUT2D eigenvalue weighted by atomic mass is 16.6. The molecule has 0 bridgehead atoms. The number of amides is 3. The quantitative estimate of drug-likeness (QED) is 0.409. The van der Waals surface area contributed by atoms with Gasteiger partial charge in [0.15, 0.2) is 0 Å². The van der Waals surface area contributed by atoms with Crippen molar-refractivity contribution in [3.63, 3.8) is 0 Å². The summed E-state index contributed by atoms with van der Waals surface area (Å²) in [5, 5.41) is 10.7. The summed E-state index contributed by atoms with van der Waals surface area (Å²) in [5.74, 6) is 0.588. The number of hydrogen-bond donors (Lipinski definition) is 2. The Bertz CT molecular complexity index is 1210. The van der Waals surface area contributed by atoms with Gasteiger partial charge in [0.2, 0.25) is 0 Å². The van der Waals surface area contributed by atoms with Gasteiger partial charge in [-0.1, -0.05) is 58.4 Å². The standard InChI is InChI=1S/C28H35N5O3/c1-5-6-16-36-27(35)32-15-14-20-17-23(13-12-21(20)19-32)33-25(18-24(31-33)28(2,3)4)30-26(34)29-22-10-8-7-9-11-22/h7-13,17-18H,5-6,14-16,19H2,1-4H3,(H2,29,30,34). The summed E-state index contributed by atoms with van der Waals surface area (Å²) in [5.41, 5.74) is 4.51. The van der Waals surface area contributed by atoms with Gasteiger partial charge in [0.05, 0.1) is 18.0 Å². The zero-order valence-electron chi connectivity index (χ0n) is 21.5. The molecule has 1 aliphatic rings. The van der Waals surface area contributed by atoms with Crippen LogP contribution in [0.5, 0.6) is 0 Å². The molecule has 36 heavy (non-hydrogen) atoms. The zero-order valence-corrected chi connectivity index (χ0v) is 21.5. The van der Waals surface area contributed by atoms with Gasteiger partial charge in [-0.2, -0.15) is 5.10 Å². The van der Waals surface area contributed by atoms with Crippen molar-refractivity contribution >= 4 is 23.6 Å². The fourth-order valence-electron chi connectivity index (χ4n) is 4.06.